The van der Waals surface area contributed by atoms with E-state index in [0.29, 0.717) is 6.54 Å². The molecule has 1 heterocycles. The number of hydrogen-bond donors (Lipinski definition) is 1. The molecule has 1 aromatic heterocycles. The lowest BCUT2D eigenvalue weighted by atomic mass is 10.3. The zero-order valence-electron chi connectivity index (χ0n) is 9.50. The molecule has 0 atom stereocenters. The highest BCUT2D eigenvalue weighted by Gasteiger charge is 2.18. The molecule has 0 saturated heterocycles. The van der Waals surface area contributed by atoms with E-state index < -0.39 is 16.0 Å². The van der Waals surface area contributed by atoms with Crippen LogP contribution < -0.4 is 0 Å². The van der Waals surface area contributed by atoms with Crippen molar-refractivity contribution in [2.24, 2.45) is 0 Å². The van der Waals surface area contributed by atoms with Gasteiger partial charge in [0.05, 0.1) is 5.75 Å². The van der Waals surface area contributed by atoms with Gasteiger partial charge in [0.25, 0.3) is 0 Å². The molecule has 0 aromatic carbocycles. The molecule has 0 saturated carbocycles. The number of nitrogens with zero attached hydrogens (tertiary/aromatic N) is 1. The minimum Gasteiger partial charge on any atom is -0.481 e. The second-order valence-corrected chi connectivity index (χ2v) is 6.88. The molecule has 1 N–H and O–H groups in total. The van der Waals surface area contributed by atoms with Crippen LogP contribution in [0.3, 0.4) is 0 Å². The highest BCUT2D eigenvalue weighted by molar-refractivity contribution is 7.89. The molecule has 0 bridgehead atoms. The summed E-state index contributed by atoms with van der Waals surface area (Å²) < 4.78 is 24.8. The number of thiophene rings is 1. The van der Waals surface area contributed by atoms with E-state index in [4.69, 9.17) is 5.11 Å². The summed E-state index contributed by atoms with van der Waals surface area (Å²) in [5.74, 6) is -1.10. The second kappa shape index (κ2) is 6.13. The summed E-state index contributed by atoms with van der Waals surface area (Å²) in [5.41, 5.74) is 0. The zero-order valence-corrected chi connectivity index (χ0v) is 11.1. The van der Waals surface area contributed by atoms with Gasteiger partial charge in [0.2, 0.25) is 10.0 Å². The monoisotopic (exact) mass is 277 g/mol. The molecular formula is C10H15NO4S2. The van der Waals surface area contributed by atoms with Gasteiger partial charge >= 0.3 is 5.97 Å². The van der Waals surface area contributed by atoms with Crippen molar-refractivity contribution in [2.45, 2.75) is 19.4 Å². The first-order valence-electron chi connectivity index (χ1n) is 5.10. The normalized spacial score (nSPS) is 11.9. The van der Waals surface area contributed by atoms with Crippen LogP contribution in [0, 0.1) is 0 Å². The highest BCUT2D eigenvalue weighted by atomic mass is 32.2. The summed E-state index contributed by atoms with van der Waals surface area (Å²) in [6.07, 6.45) is 0.0263. The third-order valence-corrected chi connectivity index (χ3v) is 4.97. The van der Waals surface area contributed by atoms with E-state index in [1.54, 1.807) is 0 Å². The first-order chi connectivity index (χ1) is 7.92. The SMILES string of the molecule is CN(Cc1cccs1)S(=O)(=O)CCCC(=O)O. The molecule has 5 nitrogen and oxygen atoms in total. The molecule has 0 aliphatic heterocycles. The van der Waals surface area contributed by atoms with Crippen LogP contribution in [0.5, 0.6) is 0 Å². The Morgan fingerprint density at radius 2 is 2.24 bits per heavy atom. The van der Waals surface area contributed by atoms with Gasteiger partial charge in [-0.3, -0.25) is 4.79 Å². The van der Waals surface area contributed by atoms with Gasteiger partial charge < -0.3 is 5.11 Å². The fourth-order valence-electron chi connectivity index (χ4n) is 1.28. The van der Waals surface area contributed by atoms with Crippen molar-refractivity contribution in [1.82, 2.24) is 4.31 Å². The lowest BCUT2D eigenvalue weighted by Crippen LogP contribution is -2.28. The molecule has 0 spiro atoms. The summed E-state index contributed by atoms with van der Waals surface area (Å²) in [4.78, 5) is 11.3. The molecule has 0 amide bonds. The molecule has 0 aliphatic rings. The van der Waals surface area contributed by atoms with Gasteiger partial charge in [-0.2, -0.15) is 4.31 Å². The predicted octanol–water partition coefficient (Wildman–Crippen LogP) is 1.37. The molecule has 17 heavy (non-hydrogen) atoms. The summed E-state index contributed by atoms with van der Waals surface area (Å²) in [6, 6.07) is 3.73. The Morgan fingerprint density at radius 3 is 2.76 bits per heavy atom. The van der Waals surface area contributed by atoms with Crippen LogP contribution in [-0.4, -0.2) is 36.6 Å². The van der Waals surface area contributed by atoms with E-state index in [-0.39, 0.29) is 18.6 Å². The number of hydrogen-bond acceptors (Lipinski definition) is 4. The summed E-state index contributed by atoms with van der Waals surface area (Å²) >= 11 is 1.50. The van der Waals surface area contributed by atoms with Crippen molar-refractivity contribution in [3.8, 4) is 0 Å². The van der Waals surface area contributed by atoms with E-state index in [9.17, 15) is 13.2 Å². The standard InChI is InChI=1S/C10H15NO4S2/c1-11(8-9-4-2-6-16-9)17(14,15)7-3-5-10(12)13/h2,4,6H,3,5,7-8H2,1H3,(H,12,13). The molecule has 0 fully saturated rings. The van der Waals surface area contributed by atoms with Crippen LogP contribution in [-0.2, 0) is 21.4 Å². The summed E-state index contributed by atoms with van der Waals surface area (Å²) in [5, 5.41) is 10.3. The number of carbonyl (C=O) groups is 1. The highest BCUT2D eigenvalue weighted by Crippen LogP contribution is 2.13. The predicted molar refractivity (Wildman–Crippen MR) is 66.4 cm³/mol. The van der Waals surface area contributed by atoms with E-state index >= 15 is 0 Å². The first-order valence-corrected chi connectivity index (χ1v) is 7.59. The van der Waals surface area contributed by atoms with E-state index in [0.717, 1.165) is 4.88 Å². The smallest absolute Gasteiger partial charge is 0.303 e. The number of carboxylic acid groups (broad SMARTS) is 1. The van der Waals surface area contributed by atoms with Crippen molar-refractivity contribution in [3.05, 3.63) is 22.4 Å². The number of sulfonamides is 1. The van der Waals surface area contributed by atoms with Crippen molar-refractivity contribution < 1.29 is 18.3 Å². The number of aliphatic carboxylic acids is 1. The van der Waals surface area contributed by atoms with Crippen molar-refractivity contribution in [3.63, 3.8) is 0 Å². The van der Waals surface area contributed by atoms with Gasteiger partial charge in [0.15, 0.2) is 0 Å². The largest absolute Gasteiger partial charge is 0.481 e. The van der Waals surface area contributed by atoms with Crippen LogP contribution in [0.25, 0.3) is 0 Å². The van der Waals surface area contributed by atoms with Crippen LogP contribution in [0.15, 0.2) is 17.5 Å². The van der Waals surface area contributed by atoms with Crippen LogP contribution in [0.2, 0.25) is 0 Å². The van der Waals surface area contributed by atoms with Gasteiger partial charge in [-0.1, -0.05) is 6.07 Å². The van der Waals surface area contributed by atoms with Gasteiger partial charge in [-0.05, 0) is 17.9 Å². The topological polar surface area (TPSA) is 74.7 Å². The molecule has 1 aromatic rings. The molecule has 1 rings (SSSR count). The lowest BCUT2D eigenvalue weighted by molar-refractivity contribution is -0.137. The third kappa shape index (κ3) is 4.84. The average molecular weight is 277 g/mol. The molecule has 0 radical (unpaired) electrons. The van der Waals surface area contributed by atoms with Gasteiger partial charge in [-0.25, -0.2) is 8.42 Å². The maximum absolute atomic E-state index is 11.8. The van der Waals surface area contributed by atoms with Crippen molar-refractivity contribution >= 4 is 27.3 Å². The molecular weight excluding hydrogens is 262 g/mol. The Morgan fingerprint density at radius 1 is 1.53 bits per heavy atom. The van der Waals surface area contributed by atoms with Crippen molar-refractivity contribution in [1.29, 1.82) is 0 Å². The van der Waals surface area contributed by atoms with Crippen LogP contribution >= 0.6 is 11.3 Å². The Kier molecular flexibility index (Phi) is 5.10. The van der Waals surface area contributed by atoms with Gasteiger partial charge in [-0.15, -0.1) is 11.3 Å². The summed E-state index contributed by atoms with van der Waals surface area (Å²) in [6.45, 7) is 0.340. The fraction of sp³-hybridized carbons (Fsp3) is 0.500. The van der Waals surface area contributed by atoms with Crippen LogP contribution in [0.4, 0.5) is 0 Å². The maximum atomic E-state index is 11.8. The fourth-order valence-corrected chi connectivity index (χ4v) is 3.28. The average Bonchev–Trinajstić information content (AvgIpc) is 2.69. The Hall–Kier alpha value is -0.920. The molecule has 0 aliphatic carbocycles. The minimum absolute atomic E-state index is 0.119. The van der Waals surface area contributed by atoms with Crippen LogP contribution in [0.1, 0.15) is 17.7 Å². The second-order valence-electron chi connectivity index (χ2n) is 3.65. The minimum atomic E-state index is -3.36. The quantitative estimate of drug-likeness (QED) is 0.817. The van der Waals surface area contributed by atoms with E-state index in [1.165, 1.54) is 22.7 Å². The van der Waals surface area contributed by atoms with E-state index in [1.807, 2.05) is 17.5 Å². The number of rotatable bonds is 7. The molecule has 7 heteroatoms. The first kappa shape index (κ1) is 14.1. The Labute approximate surface area is 105 Å². The zero-order chi connectivity index (χ0) is 12.9. The Bertz CT molecular complexity index is 453. The lowest BCUT2D eigenvalue weighted by Gasteiger charge is -2.15. The van der Waals surface area contributed by atoms with Crippen molar-refractivity contribution in [2.75, 3.05) is 12.8 Å². The Balaban J connectivity index is 2.49. The number of carboxylic acids is 1. The third-order valence-electron chi connectivity index (χ3n) is 2.23. The molecule has 96 valence electrons. The maximum Gasteiger partial charge on any atom is 0.303 e. The van der Waals surface area contributed by atoms with Gasteiger partial charge in [0.1, 0.15) is 0 Å². The van der Waals surface area contributed by atoms with E-state index in [2.05, 4.69) is 0 Å². The van der Waals surface area contributed by atoms with Gasteiger partial charge in [0, 0.05) is 24.9 Å². The molecule has 0 unspecified atom stereocenters. The summed E-state index contributed by atoms with van der Waals surface area (Å²) in [7, 11) is -1.85.